The number of carbonyl (C=O) groups is 2. The molecule has 0 aliphatic rings. The fourth-order valence-corrected chi connectivity index (χ4v) is 3.05. The summed E-state index contributed by atoms with van der Waals surface area (Å²) in [4.78, 5) is 27.1. The van der Waals surface area contributed by atoms with Crippen molar-refractivity contribution in [2.45, 2.75) is 11.4 Å². The van der Waals surface area contributed by atoms with Crippen LogP contribution in [0.1, 0.15) is 15.9 Å². The van der Waals surface area contributed by atoms with E-state index in [4.69, 9.17) is 14.6 Å². The average Bonchev–Trinajstić information content (AvgIpc) is 2.66. The predicted molar refractivity (Wildman–Crippen MR) is 98.2 cm³/mol. The molecule has 1 aromatic carbocycles. The largest absolute Gasteiger partial charge is 0.493 e. The van der Waals surface area contributed by atoms with E-state index in [9.17, 15) is 9.59 Å². The zero-order valence-corrected chi connectivity index (χ0v) is 15.3. The van der Waals surface area contributed by atoms with Crippen LogP contribution in [-0.2, 0) is 11.2 Å². The van der Waals surface area contributed by atoms with Gasteiger partial charge in [-0.1, -0.05) is 17.8 Å². The number of aromatic nitrogens is 1. The molecule has 0 aliphatic heterocycles. The van der Waals surface area contributed by atoms with Gasteiger partial charge in [0.15, 0.2) is 11.5 Å². The highest BCUT2D eigenvalue weighted by Crippen LogP contribution is 2.27. The lowest BCUT2D eigenvalue weighted by molar-refractivity contribution is -0.118. The number of rotatable bonds is 9. The van der Waals surface area contributed by atoms with Crippen molar-refractivity contribution in [3.63, 3.8) is 0 Å². The lowest BCUT2D eigenvalue weighted by atomic mass is 10.1. The lowest BCUT2D eigenvalue weighted by Gasteiger charge is -2.10. The van der Waals surface area contributed by atoms with Gasteiger partial charge in [-0.15, -0.1) is 0 Å². The first-order valence-corrected chi connectivity index (χ1v) is 8.82. The number of pyridine rings is 1. The van der Waals surface area contributed by atoms with E-state index in [0.717, 1.165) is 17.3 Å². The molecule has 2 aromatic rings. The maximum absolute atomic E-state index is 12.0. The van der Waals surface area contributed by atoms with Crippen LogP contribution in [0.4, 0.5) is 0 Å². The summed E-state index contributed by atoms with van der Waals surface area (Å²) in [7, 11) is 3.15. The summed E-state index contributed by atoms with van der Waals surface area (Å²) in [5.41, 5.74) is 1.10. The molecule has 0 aliphatic carbocycles. The molecule has 8 heteroatoms. The van der Waals surface area contributed by atoms with Gasteiger partial charge < -0.3 is 19.9 Å². The molecule has 1 heterocycles. The third-order valence-electron chi connectivity index (χ3n) is 3.53. The minimum absolute atomic E-state index is 0.0932. The Morgan fingerprint density at radius 1 is 1.19 bits per heavy atom. The summed E-state index contributed by atoms with van der Waals surface area (Å²) in [5.74, 6) is 0.153. The number of amides is 1. The summed E-state index contributed by atoms with van der Waals surface area (Å²) in [6.07, 6.45) is 2.14. The van der Waals surface area contributed by atoms with Crippen LogP contribution in [0.25, 0.3) is 0 Å². The molecule has 2 N–H and O–H groups in total. The molecule has 0 unspecified atom stereocenters. The summed E-state index contributed by atoms with van der Waals surface area (Å²) >= 11 is 1.10. The first-order valence-electron chi connectivity index (χ1n) is 7.84. The molecule has 26 heavy (non-hydrogen) atoms. The first kappa shape index (κ1) is 19.6. The minimum Gasteiger partial charge on any atom is -0.493 e. The van der Waals surface area contributed by atoms with E-state index in [0.29, 0.717) is 29.5 Å². The van der Waals surface area contributed by atoms with Crippen LogP contribution in [-0.4, -0.2) is 48.5 Å². The summed E-state index contributed by atoms with van der Waals surface area (Å²) < 4.78 is 10.4. The van der Waals surface area contributed by atoms with Gasteiger partial charge in [-0.2, -0.15) is 0 Å². The van der Waals surface area contributed by atoms with Crippen molar-refractivity contribution in [1.29, 1.82) is 0 Å². The fraction of sp³-hybridized carbons (Fsp3) is 0.278. The van der Waals surface area contributed by atoms with Gasteiger partial charge in [0, 0.05) is 12.7 Å². The number of benzene rings is 1. The van der Waals surface area contributed by atoms with Crippen molar-refractivity contribution < 1.29 is 24.2 Å². The fourth-order valence-electron chi connectivity index (χ4n) is 2.24. The first-order chi connectivity index (χ1) is 12.5. The van der Waals surface area contributed by atoms with Crippen LogP contribution in [0.2, 0.25) is 0 Å². The molecule has 0 radical (unpaired) electrons. The second-order valence-corrected chi connectivity index (χ2v) is 6.20. The number of aromatic carboxylic acids is 1. The molecule has 1 amide bonds. The highest BCUT2D eigenvalue weighted by Gasteiger charge is 2.12. The number of hydrogen-bond acceptors (Lipinski definition) is 6. The van der Waals surface area contributed by atoms with Gasteiger partial charge in [0.2, 0.25) is 5.91 Å². The third-order valence-corrected chi connectivity index (χ3v) is 4.53. The van der Waals surface area contributed by atoms with Crippen LogP contribution < -0.4 is 14.8 Å². The molecule has 0 saturated carbocycles. The summed E-state index contributed by atoms with van der Waals surface area (Å²) in [6.45, 7) is 0.461. The van der Waals surface area contributed by atoms with Crippen molar-refractivity contribution in [2.24, 2.45) is 0 Å². The molecular weight excluding hydrogens is 356 g/mol. The zero-order valence-electron chi connectivity index (χ0n) is 14.5. The quantitative estimate of drug-likeness (QED) is 0.648. The van der Waals surface area contributed by atoms with Gasteiger partial charge >= 0.3 is 5.97 Å². The molecule has 0 bridgehead atoms. The Morgan fingerprint density at radius 3 is 2.65 bits per heavy atom. The average molecular weight is 376 g/mol. The smallest absolute Gasteiger partial charge is 0.338 e. The highest BCUT2D eigenvalue weighted by atomic mass is 32.2. The van der Waals surface area contributed by atoms with Gasteiger partial charge in [-0.05, 0) is 36.2 Å². The Bertz CT molecular complexity index is 782. The number of nitrogens with zero attached hydrogens (tertiary/aromatic N) is 1. The Hall–Kier alpha value is -2.74. The number of hydrogen-bond donors (Lipinski definition) is 2. The van der Waals surface area contributed by atoms with E-state index in [1.54, 1.807) is 20.3 Å². The Kier molecular flexibility index (Phi) is 7.28. The molecule has 1 aromatic heterocycles. The van der Waals surface area contributed by atoms with Crippen LogP contribution in [0.15, 0.2) is 41.6 Å². The van der Waals surface area contributed by atoms with E-state index in [-0.39, 0.29) is 17.2 Å². The number of methoxy groups -OCH3 is 2. The normalized spacial score (nSPS) is 10.2. The van der Waals surface area contributed by atoms with Crippen LogP contribution in [0.5, 0.6) is 11.5 Å². The van der Waals surface area contributed by atoms with E-state index < -0.39 is 5.97 Å². The number of carbonyl (C=O) groups excluding carboxylic acids is 1. The second-order valence-electron chi connectivity index (χ2n) is 5.24. The topological polar surface area (TPSA) is 97.8 Å². The van der Waals surface area contributed by atoms with Gasteiger partial charge in [-0.25, -0.2) is 9.78 Å². The number of nitrogens with one attached hydrogen (secondary N) is 1. The highest BCUT2D eigenvalue weighted by molar-refractivity contribution is 8.00. The molecule has 7 nitrogen and oxygen atoms in total. The van der Waals surface area contributed by atoms with Crippen molar-refractivity contribution in [3.8, 4) is 11.5 Å². The van der Waals surface area contributed by atoms with Crippen molar-refractivity contribution in [3.05, 3.63) is 47.7 Å². The van der Waals surface area contributed by atoms with Crippen LogP contribution in [0, 0.1) is 0 Å². The lowest BCUT2D eigenvalue weighted by Crippen LogP contribution is -2.27. The molecule has 0 fully saturated rings. The summed E-state index contributed by atoms with van der Waals surface area (Å²) in [5, 5.41) is 12.2. The standard InChI is InChI=1S/C18H20N2O5S/c1-24-14-6-5-12(10-15(14)25-2)7-9-19-16(21)11-26-17-13(18(22)23)4-3-8-20-17/h3-6,8,10H,7,9,11H2,1-2H3,(H,19,21)(H,22,23). The summed E-state index contributed by atoms with van der Waals surface area (Å²) in [6, 6.07) is 8.62. The zero-order chi connectivity index (χ0) is 18.9. The SMILES string of the molecule is COc1ccc(CCNC(=O)CSc2ncccc2C(=O)O)cc1OC. The number of ether oxygens (including phenoxy) is 2. The number of carboxylic acid groups (broad SMARTS) is 1. The van der Waals surface area contributed by atoms with E-state index in [2.05, 4.69) is 10.3 Å². The minimum atomic E-state index is -1.06. The molecule has 0 atom stereocenters. The third kappa shape index (κ3) is 5.38. The molecule has 2 rings (SSSR count). The molecular formula is C18H20N2O5S. The predicted octanol–water partition coefficient (Wildman–Crippen LogP) is 2.25. The van der Waals surface area contributed by atoms with Crippen molar-refractivity contribution in [2.75, 3.05) is 26.5 Å². The second kappa shape index (κ2) is 9.67. The molecule has 138 valence electrons. The molecule has 0 saturated heterocycles. The van der Waals surface area contributed by atoms with Crippen LogP contribution >= 0.6 is 11.8 Å². The molecule has 0 spiro atoms. The number of thioether (sulfide) groups is 1. The van der Waals surface area contributed by atoms with E-state index in [1.165, 1.54) is 12.3 Å². The Balaban J connectivity index is 1.82. The van der Waals surface area contributed by atoms with Gasteiger partial charge in [-0.3, -0.25) is 4.79 Å². The van der Waals surface area contributed by atoms with Crippen molar-refractivity contribution in [1.82, 2.24) is 10.3 Å². The maximum Gasteiger partial charge on any atom is 0.338 e. The van der Waals surface area contributed by atoms with Gasteiger partial charge in [0.25, 0.3) is 0 Å². The van der Waals surface area contributed by atoms with Crippen LogP contribution in [0.3, 0.4) is 0 Å². The maximum atomic E-state index is 12.0. The Labute approximate surface area is 155 Å². The van der Waals surface area contributed by atoms with Crippen molar-refractivity contribution >= 4 is 23.6 Å². The number of carboxylic acids is 1. The van der Waals surface area contributed by atoms with E-state index >= 15 is 0 Å². The van der Waals surface area contributed by atoms with E-state index in [1.807, 2.05) is 18.2 Å². The van der Waals surface area contributed by atoms with Gasteiger partial charge in [0.05, 0.1) is 25.5 Å². The Morgan fingerprint density at radius 2 is 1.96 bits per heavy atom. The van der Waals surface area contributed by atoms with Gasteiger partial charge in [0.1, 0.15) is 5.03 Å². The monoisotopic (exact) mass is 376 g/mol.